The van der Waals surface area contributed by atoms with Crippen molar-refractivity contribution in [3.8, 4) is 0 Å². The molecule has 19 heavy (non-hydrogen) atoms. The lowest BCUT2D eigenvalue weighted by Gasteiger charge is -2.19. The van der Waals surface area contributed by atoms with E-state index in [1.807, 2.05) is 12.1 Å². The molecule has 1 aromatic carbocycles. The quantitative estimate of drug-likeness (QED) is 0.874. The van der Waals surface area contributed by atoms with E-state index in [1.54, 1.807) is 18.0 Å². The first-order valence-corrected chi connectivity index (χ1v) is 7.10. The lowest BCUT2D eigenvalue weighted by molar-refractivity contribution is -0.129. The summed E-state index contributed by atoms with van der Waals surface area (Å²) >= 11 is 11.9. The minimum Gasteiger partial charge on any atom is -0.340 e. The third-order valence-electron chi connectivity index (χ3n) is 2.98. The summed E-state index contributed by atoms with van der Waals surface area (Å²) in [5, 5.41) is 4.35. The van der Waals surface area contributed by atoms with Crippen LogP contribution in [0.15, 0.2) is 18.2 Å². The number of rotatable bonds is 6. The van der Waals surface area contributed by atoms with E-state index in [2.05, 4.69) is 19.2 Å². The van der Waals surface area contributed by atoms with Gasteiger partial charge in [-0.15, -0.1) is 0 Å². The number of hydrogen-bond acceptors (Lipinski definition) is 2. The SMILES string of the molecule is CCC(C)NCC(=O)N(C)Cc1cc(Cl)cc(Cl)c1. The van der Waals surface area contributed by atoms with Crippen LogP contribution in [0.25, 0.3) is 0 Å². The van der Waals surface area contributed by atoms with Crippen LogP contribution in [0, 0.1) is 0 Å². The third-order valence-corrected chi connectivity index (χ3v) is 3.42. The Labute approximate surface area is 124 Å². The summed E-state index contributed by atoms with van der Waals surface area (Å²) in [4.78, 5) is 13.6. The van der Waals surface area contributed by atoms with Crippen molar-refractivity contribution in [2.75, 3.05) is 13.6 Å². The van der Waals surface area contributed by atoms with E-state index < -0.39 is 0 Å². The molecule has 106 valence electrons. The Bertz CT molecular complexity index is 417. The molecule has 0 bridgehead atoms. The fourth-order valence-electron chi connectivity index (χ4n) is 1.61. The minimum absolute atomic E-state index is 0.0522. The summed E-state index contributed by atoms with van der Waals surface area (Å²) in [7, 11) is 1.77. The number of benzene rings is 1. The zero-order valence-electron chi connectivity index (χ0n) is 11.5. The van der Waals surface area contributed by atoms with Crippen molar-refractivity contribution in [1.82, 2.24) is 10.2 Å². The van der Waals surface area contributed by atoms with Gasteiger partial charge in [-0.1, -0.05) is 30.1 Å². The second-order valence-corrected chi connectivity index (χ2v) is 5.59. The van der Waals surface area contributed by atoms with Crippen molar-refractivity contribution in [1.29, 1.82) is 0 Å². The van der Waals surface area contributed by atoms with Gasteiger partial charge in [-0.3, -0.25) is 4.79 Å². The molecule has 0 saturated carbocycles. The van der Waals surface area contributed by atoms with Crippen LogP contribution in [-0.4, -0.2) is 30.4 Å². The highest BCUT2D eigenvalue weighted by molar-refractivity contribution is 6.34. The summed E-state index contributed by atoms with van der Waals surface area (Å²) < 4.78 is 0. The molecule has 0 radical (unpaired) electrons. The van der Waals surface area contributed by atoms with Crippen molar-refractivity contribution in [2.45, 2.75) is 32.9 Å². The Morgan fingerprint density at radius 3 is 2.42 bits per heavy atom. The second-order valence-electron chi connectivity index (χ2n) is 4.72. The van der Waals surface area contributed by atoms with E-state index in [-0.39, 0.29) is 5.91 Å². The number of carbonyl (C=O) groups is 1. The van der Waals surface area contributed by atoms with E-state index in [0.29, 0.717) is 29.2 Å². The highest BCUT2D eigenvalue weighted by atomic mass is 35.5. The van der Waals surface area contributed by atoms with Crippen LogP contribution in [-0.2, 0) is 11.3 Å². The number of nitrogens with zero attached hydrogens (tertiary/aromatic N) is 1. The molecule has 1 amide bonds. The van der Waals surface area contributed by atoms with Gasteiger partial charge in [-0.25, -0.2) is 0 Å². The standard InChI is InChI=1S/C14H20Cl2N2O/c1-4-10(2)17-8-14(19)18(3)9-11-5-12(15)7-13(16)6-11/h5-7,10,17H,4,8-9H2,1-3H3. The average Bonchev–Trinajstić information content (AvgIpc) is 2.33. The molecule has 0 saturated heterocycles. The molecule has 0 aliphatic rings. The van der Waals surface area contributed by atoms with Crippen LogP contribution in [0.5, 0.6) is 0 Å². The summed E-state index contributed by atoms with van der Waals surface area (Å²) in [6, 6.07) is 5.66. The molecule has 0 spiro atoms. The Morgan fingerprint density at radius 1 is 1.32 bits per heavy atom. The van der Waals surface area contributed by atoms with Crippen LogP contribution in [0.1, 0.15) is 25.8 Å². The van der Waals surface area contributed by atoms with Gasteiger partial charge >= 0.3 is 0 Å². The predicted octanol–water partition coefficient (Wildman–Crippen LogP) is 3.34. The van der Waals surface area contributed by atoms with Crippen LogP contribution in [0.4, 0.5) is 0 Å². The van der Waals surface area contributed by atoms with Gasteiger partial charge in [0.2, 0.25) is 5.91 Å². The van der Waals surface area contributed by atoms with Gasteiger partial charge in [0.25, 0.3) is 0 Å². The molecule has 1 aromatic rings. The smallest absolute Gasteiger partial charge is 0.236 e. The van der Waals surface area contributed by atoms with Crippen molar-refractivity contribution >= 4 is 29.1 Å². The van der Waals surface area contributed by atoms with Gasteiger partial charge in [-0.2, -0.15) is 0 Å². The normalized spacial score (nSPS) is 12.3. The highest BCUT2D eigenvalue weighted by Crippen LogP contribution is 2.19. The van der Waals surface area contributed by atoms with Gasteiger partial charge in [0, 0.05) is 29.7 Å². The molecule has 1 N–H and O–H groups in total. The van der Waals surface area contributed by atoms with Gasteiger partial charge in [0.15, 0.2) is 0 Å². The van der Waals surface area contributed by atoms with Crippen molar-refractivity contribution < 1.29 is 4.79 Å². The molecule has 0 fully saturated rings. The summed E-state index contributed by atoms with van der Waals surface area (Å²) in [5.74, 6) is 0.0522. The number of likely N-dealkylation sites (N-methyl/N-ethyl adjacent to an activating group) is 1. The zero-order valence-corrected chi connectivity index (χ0v) is 13.1. The van der Waals surface area contributed by atoms with Crippen LogP contribution < -0.4 is 5.32 Å². The molecular formula is C14H20Cl2N2O. The lowest BCUT2D eigenvalue weighted by Crippen LogP contribution is -2.38. The number of halogens is 2. The van der Waals surface area contributed by atoms with E-state index in [1.165, 1.54) is 0 Å². The summed E-state index contributed by atoms with van der Waals surface area (Å²) in [6.45, 7) is 4.99. The fraction of sp³-hybridized carbons (Fsp3) is 0.500. The topological polar surface area (TPSA) is 32.3 Å². The average molecular weight is 303 g/mol. The number of carbonyl (C=O) groups excluding carboxylic acids is 1. The molecule has 0 heterocycles. The van der Waals surface area contributed by atoms with Gasteiger partial charge < -0.3 is 10.2 Å². The predicted molar refractivity (Wildman–Crippen MR) is 80.7 cm³/mol. The van der Waals surface area contributed by atoms with E-state index in [4.69, 9.17) is 23.2 Å². The van der Waals surface area contributed by atoms with Crippen LogP contribution in [0.2, 0.25) is 10.0 Å². The molecule has 1 unspecified atom stereocenters. The second kappa shape index (κ2) is 7.73. The Morgan fingerprint density at radius 2 is 1.89 bits per heavy atom. The minimum atomic E-state index is 0.0522. The number of nitrogens with one attached hydrogen (secondary N) is 1. The third kappa shape index (κ3) is 5.81. The first kappa shape index (κ1) is 16.3. The molecular weight excluding hydrogens is 283 g/mol. The monoisotopic (exact) mass is 302 g/mol. The molecule has 0 aromatic heterocycles. The van der Waals surface area contributed by atoms with Gasteiger partial charge in [0.05, 0.1) is 6.54 Å². The van der Waals surface area contributed by atoms with Crippen LogP contribution >= 0.6 is 23.2 Å². The molecule has 1 atom stereocenters. The summed E-state index contributed by atoms with van der Waals surface area (Å²) in [6.07, 6.45) is 1.00. The molecule has 0 aliphatic carbocycles. The maximum absolute atomic E-state index is 11.9. The Hall–Kier alpha value is -0.770. The molecule has 5 heteroatoms. The zero-order chi connectivity index (χ0) is 14.4. The largest absolute Gasteiger partial charge is 0.340 e. The molecule has 0 aliphatic heterocycles. The van der Waals surface area contributed by atoms with Crippen molar-refractivity contribution in [2.24, 2.45) is 0 Å². The summed E-state index contributed by atoms with van der Waals surface area (Å²) in [5.41, 5.74) is 0.928. The maximum atomic E-state index is 11.9. The van der Waals surface area contributed by atoms with Crippen molar-refractivity contribution in [3.63, 3.8) is 0 Å². The van der Waals surface area contributed by atoms with E-state index in [0.717, 1.165) is 12.0 Å². The first-order chi connectivity index (χ1) is 8.92. The number of hydrogen-bond donors (Lipinski definition) is 1. The van der Waals surface area contributed by atoms with Crippen LogP contribution in [0.3, 0.4) is 0 Å². The number of amides is 1. The lowest BCUT2D eigenvalue weighted by atomic mass is 10.2. The van der Waals surface area contributed by atoms with E-state index in [9.17, 15) is 4.79 Å². The molecule has 3 nitrogen and oxygen atoms in total. The fourth-order valence-corrected chi connectivity index (χ4v) is 2.18. The highest BCUT2D eigenvalue weighted by Gasteiger charge is 2.10. The van der Waals surface area contributed by atoms with Crippen molar-refractivity contribution in [3.05, 3.63) is 33.8 Å². The van der Waals surface area contributed by atoms with E-state index >= 15 is 0 Å². The molecule has 1 rings (SSSR count). The Kier molecular flexibility index (Phi) is 6.63. The van der Waals surface area contributed by atoms with Gasteiger partial charge in [-0.05, 0) is 37.1 Å². The van der Waals surface area contributed by atoms with Gasteiger partial charge in [0.1, 0.15) is 0 Å². The Balaban J connectivity index is 2.53. The maximum Gasteiger partial charge on any atom is 0.236 e. The first-order valence-electron chi connectivity index (χ1n) is 6.34.